The second kappa shape index (κ2) is 11.9. The van der Waals surface area contributed by atoms with E-state index in [2.05, 4.69) is 5.32 Å². The van der Waals surface area contributed by atoms with Gasteiger partial charge in [-0.3, -0.25) is 4.79 Å². The third-order valence-corrected chi connectivity index (χ3v) is 3.77. The Labute approximate surface area is 170 Å². The third-order valence-electron chi connectivity index (χ3n) is 3.77. The summed E-state index contributed by atoms with van der Waals surface area (Å²) in [5.74, 6) is -0.829. The van der Waals surface area contributed by atoms with Crippen LogP contribution in [0.25, 0.3) is 0 Å². The molecular weight excluding hydrogens is 380 g/mol. The average Bonchev–Trinajstić information content (AvgIpc) is 2.68. The van der Waals surface area contributed by atoms with Crippen molar-refractivity contribution in [3.8, 4) is 11.5 Å². The zero-order chi connectivity index (χ0) is 22.0. The zero-order valence-corrected chi connectivity index (χ0v) is 17.6. The number of carbonyl (C=O) groups excluding carboxylic acids is 3. The smallest absolute Gasteiger partial charge is 0.336 e. The predicted octanol–water partition coefficient (Wildman–Crippen LogP) is 2.42. The average molecular weight is 410 g/mol. The van der Waals surface area contributed by atoms with Crippen molar-refractivity contribution in [2.75, 3.05) is 32.1 Å². The first-order valence-corrected chi connectivity index (χ1v) is 9.51. The third kappa shape index (κ3) is 7.61. The number of esters is 2. The van der Waals surface area contributed by atoms with Crippen LogP contribution >= 0.6 is 0 Å². The summed E-state index contributed by atoms with van der Waals surface area (Å²) in [4.78, 5) is 37.6. The highest BCUT2D eigenvalue weighted by Gasteiger charge is 2.25. The molecule has 0 fully saturated rings. The molecule has 1 unspecified atom stereocenters. The Morgan fingerprint density at radius 2 is 1.86 bits per heavy atom. The van der Waals surface area contributed by atoms with Crippen LogP contribution in [0.4, 0.5) is 10.5 Å². The van der Waals surface area contributed by atoms with Crippen LogP contribution in [-0.4, -0.2) is 60.9 Å². The topological polar surface area (TPSA) is 114 Å². The second-order valence-corrected chi connectivity index (χ2v) is 6.66. The number of carbonyl (C=O) groups is 3. The molecule has 0 aliphatic heterocycles. The maximum absolute atomic E-state index is 12.8. The summed E-state index contributed by atoms with van der Waals surface area (Å²) in [7, 11) is 1.42. The van der Waals surface area contributed by atoms with Gasteiger partial charge in [0.15, 0.2) is 17.6 Å². The number of nitrogens with zero attached hydrogens (tertiary/aromatic N) is 1. The SMILES string of the molecule is CCOC(=O)C(O)CN(CC(C)C)C(=O)Nc1cccc(OC)c1OC(=O)CC. The highest BCUT2D eigenvalue weighted by Crippen LogP contribution is 2.35. The lowest BCUT2D eigenvalue weighted by atomic mass is 10.2. The summed E-state index contributed by atoms with van der Waals surface area (Å²) in [5, 5.41) is 12.7. The van der Waals surface area contributed by atoms with E-state index in [1.165, 1.54) is 12.0 Å². The van der Waals surface area contributed by atoms with Crippen LogP contribution in [0, 0.1) is 5.92 Å². The lowest BCUT2D eigenvalue weighted by molar-refractivity contribution is -0.153. The Morgan fingerprint density at radius 3 is 2.41 bits per heavy atom. The van der Waals surface area contributed by atoms with Gasteiger partial charge >= 0.3 is 18.0 Å². The minimum absolute atomic E-state index is 0.0813. The molecule has 0 aliphatic rings. The standard InChI is InChI=1S/C20H30N2O7/c1-6-17(24)29-18-14(9-8-10-16(18)27-5)21-20(26)22(11-13(3)4)12-15(23)19(25)28-7-2/h8-10,13,15,23H,6-7,11-12H2,1-5H3,(H,21,26). The number of amides is 2. The van der Waals surface area contributed by atoms with E-state index in [4.69, 9.17) is 14.2 Å². The molecule has 0 radical (unpaired) electrons. The number of rotatable bonds is 10. The molecule has 0 aliphatic carbocycles. The van der Waals surface area contributed by atoms with Crippen molar-refractivity contribution < 1.29 is 33.7 Å². The van der Waals surface area contributed by atoms with Crippen LogP contribution in [0.1, 0.15) is 34.1 Å². The predicted molar refractivity (Wildman–Crippen MR) is 107 cm³/mol. The normalized spacial score (nSPS) is 11.6. The number of urea groups is 1. The minimum atomic E-state index is -1.47. The van der Waals surface area contributed by atoms with Crippen molar-refractivity contribution in [1.29, 1.82) is 0 Å². The van der Waals surface area contributed by atoms with E-state index in [0.29, 0.717) is 0 Å². The fourth-order valence-corrected chi connectivity index (χ4v) is 2.46. The van der Waals surface area contributed by atoms with Crippen molar-refractivity contribution in [1.82, 2.24) is 4.90 Å². The molecule has 1 atom stereocenters. The van der Waals surface area contributed by atoms with Gasteiger partial charge in [-0.05, 0) is 25.0 Å². The van der Waals surface area contributed by atoms with Gasteiger partial charge in [0.25, 0.3) is 0 Å². The molecule has 0 bridgehead atoms. The molecule has 1 rings (SSSR count). The Kier molecular flexibility index (Phi) is 9.94. The van der Waals surface area contributed by atoms with Crippen molar-refractivity contribution in [3.63, 3.8) is 0 Å². The number of benzene rings is 1. The maximum Gasteiger partial charge on any atom is 0.336 e. The van der Waals surface area contributed by atoms with Gasteiger partial charge < -0.3 is 29.5 Å². The number of nitrogens with one attached hydrogen (secondary N) is 1. The number of aliphatic hydroxyl groups is 1. The van der Waals surface area contributed by atoms with E-state index >= 15 is 0 Å². The number of para-hydroxylation sites is 1. The first-order chi connectivity index (χ1) is 13.7. The van der Waals surface area contributed by atoms with Gasteiger partial charge in [-0.1, -0.05) is 26.8 Å². The van der Waals surface area contributed by atoms with Gasteiger partial charge in [0.1, 0.15) is 0 Å². The first kappa shape index (κ1) is 24.2. The highest BCUT2D eigenvalue weighted by molar-refractivity contribution is 5.93. The number of hydrogen-bond donors (Lipinski definition) is 2. The Hall–Kier alpha value is -2.81. The first-order valence-electron chi connectivity index (χ1n) is 9.51. The Bertz CT molecular complexity index is 706. The van der Waals surface area contributed by atoms with Crippen LogP contribution in [0.5, 0.6) is 11.5 Å². The van der Waals surface area contributed by atoms with Gasteiger partial charge in [-0.2, -0.15) is 0 Å². The highest BCUT2D eigenvalue weighted by atomic mass is 16.6. The van der Waals surface area contributed by atoms with Crippen LogP contribution in [0.2, 0.25) is 0 Å². The molecule has 2 N–H and O–H groups in total. The van der Waals surface area contributed by atoms with E-state index in [9.17, 15) is 19.5 Å². The summed E-state index contributed by atoms with van der Waals surface area (Å²) in [5.41, 5.74) is 0.232. The number of methoxy groups -OCH3 is 1. The maximum atomic E-state index is 12.8. The summed E-state index contributed by atoms with van der Waals surface area (Å²) >= 11 is 0. The van der Waals surface area contributed by atoms with Gasteiger partial charge in [-0.15, -0.1) is 0 Å². The molecule has 0 spiro atoms. The lowest BCUT2D eigenvalue weighted by Gasteiger charge is -2.27. The number of ether oxygens (including phenoxy) is 3. The lowest BCUT2D eigenvalue weighted by Crippen LogP contribution is -2.45. The zero-order valence-electron chi connectivity index (χ0n) is 17.6. The summed E-state index contributed by atoms with van der Waals surface area (Å²) in [6, 6.07) is 4.24. The van der Waals surface area contributed by atoms with Gasteiger partial charge in [0.2, 0.25) is 0 Å². The minimum Gasteiger partial charge on any atom is -0.493 e. The number of hydrogen-bond acceptors (Lipinski definition) is 7. The van der Waals surface area contributed by atoms with E-state index in [1.54, 1.807) is 32.0 Å². The monoisotopic (exact) mass is 410 g/mol. The van der Waals surface area contributed by atoms with Gasteiger partial charge in [0, 0.05) is 13.0 Å². The molecule has 1 aromatic carbocycles. The molecule has 29 heavy (non-hydrogen) atoms. The van der Waals surface area contributed by atoms with E-state index in [1.807, 2.05) is 13.8 Å². The molecule has 1 aromatic rings. The molecule has 0 aromatic heterocycles. The number of anilines is 1. The fraction of sp³-hybridized carbons (Fsp3) is 0.550. The van der Waals surface area contributed by atoms with Crippen molar-refractivity contribution in [2.45, 2.75) is 40.2 Å². The van der Waals surface area contributed by atoms with Crippen molar-refractivity contribution >= 4 is 23.7 Å². The molecule has 162 valence electrons. The van der Waals surface area contributed by atoms with Crippen LogP contribution in [0.3, 0.4) is 0 Å². The molecule has 9 heteroatoms. The largest absolute Gasteiger partial charge is 0.493 e. The van der Waals surface area contributed by atoms with Crippen LogP contribution in [0.15, 0.2) is 18.2 Å². The Morgan fingerprint density at radius 1 is 1.17 bits per heavy atom. The molecule has 0 heterocycles. The summed E-state index contributed by atoms with van der Waals surface area (Å²) in [6.07, 6.45) is -1.32. The molecule has 9 nitrogen and oxygen atoms in total. The van der Waals surface area contributed by atoms with Gasteiger partial charge in [0.05, 0.1) is 25.9 Å². The fourth-order valence-electron chi connectivity index (χ4n) is 2.46. The van der Waals surface area contributed by atoms with Gasteiger partial charge in [-0.25, -0.2) is 9.59 Å². The summed E-state index contributed by atoms with van der Waals surface area (Å²) in [6.45, 7) is 7.26. The molecule has 0 saturated carbocycles. The van der Waals surface area contributed by atoms with E-state index in [0.717, 1.165) is 0 Å². The van der Waals surface area contributed by atoms with Crippen LogP contribution in [-0.2, 0) is 14.3 Å². The quantitative estimate of drug-likeness (QED) is 0.450. The molecule has 2 amide bonds. The number of aliphatic hydroxyl groups excluding tert-OH is 1. The van der Waals surface area contributed by atoms with Crippen molar-refractivity contribution in [3.05, 3.63) is 18.2 Å². The van der Waals surface area contributed by atoms with Crippen LogP contribution < -0.4 is 14.8 Å². The Balaban J connectivity index is 3.07. The van der Waals surface area contributed by atoms with E-state index in [-0.39, 0.29) is 49.2 Å². The van der Waals surface area contributed by atoms with Crippen molar-refractivity contribution in [2.24, 2.45) is 5.92 Å². The molecule has 0 saturated heterocycles. The van der Waals surface area contributed by atoms with E-state index < -0.39 is 24.1 Å². The summed E-state index contributed by atoms with van der Waals surface area (Å²) < 4.78 is 15.3. The molecular formula is C20H30N2O7. The second-order valence-electron chi connectivity index (χ2n) is 6.66.